The lowest BCUT2D eigenvalue weighted by Gasteiger charge is -2.08. The van der Waals surface area contributed by atoms with Gasteiger partial charge in [-0.05, 0) is 53.3 Å². The number of aromatic nitrogens is 2. The molecular weight excluding hydrogens is 339 g/mol. The van der Waals surface area contributed by atoms with Crippen LogP contribution in [-0.4, -0.2) is 16.5 Å². The fourth-order valence-electron chi connectivity index (χ4n) is 1.45. The number of hydrogen-bond acceptors (Lipinski definition) is 4. The van der Waals surface area contributed by atoms with Crippen LogP contribution in [0, 0.1) is 3.57 Å². The molecule has 0 radical (unpaired) electrons. The lowest BCUT2D eigenvalue weighted by Crippen LogP contribution is -2.04. The van der Waals surface area contributed by atoms with Gasteiger partial charge in [-0.3, -0.25) is 4.98 Å². The molecule has 0 unspecified atom stereocenters. The summed E-state index contributed by atoms with van der Waals surface area (Å²) >= 11 is 2.28. The summed E-state index contributed by atoms with van der Waals surface area (Å²) in [5, 5.41) is 6.45. The summed E-state index contributed by atoms with van der Waals surface area (Å²) in [5.74, 6) is 1.55. The van der Waals surface area contributed by atoms with E-state index in [-0.39, 0.29) is 0 Å². The molecule has 0 bridgehead atoms. The van der Waals surface area contributed by atoms with Gasteiger partial charge >= 0.3 is 0 Å². The zero-order valence-corrected chi connectivity index (χ0v) is 12.3. The molecule has 18 heavy (non-hydrogen) atoms. The summed E-state index contributed by atoms with van der Waals surface area (Å²) in [6, 6.07) is 8.15. The minimum Gasteiger partial charge on any atom is -0.369 e. The fraction of sp³-hybridized carbons (Fsp3) is 0.231. The van der Waals surface area contributed by atoms with Gasteiger partial charge in [-0.15, -0.1) is 0 Å². The van der Waals surface area contributed by atoms with Crippen molar-refractivity contribution in [2.24, 2.45) is 0 Å². The molecule has 0 atom stereocenters. The topological polar surface area (TPSA) is 49.8 Å². The zero-order chi connectivity index (χ0) is 12.8. The summed E-state index contributed by atoms with van der Waals surface area (Å²) in [6.07, 6.45) is 4.51. The van der Waals surface area contributed by atoms with Crippen LogP contribution < -0.4 is 10.6 Å². The monoisotopic (exact) mass is 354 g/mol. The Bertz CT molecular complexity index is 499. The van der Waals surface area contributed by atoms with E-state index in [1.807, 2.05) is 12.1 Å². The molecule has 2 rings (SSSR count). The smallest absolute Gasteiger partial charge is 0.151 e. The Kier molecular flexibility index (Phi) is 4.74. The fourth-order valence-corrected chi connectivity index (χ4v) is 1.81. The molecule has 0 saturated carbocycles. The van der Waals surface area contributed by atoms with Crippen LogP contribution in [-0.2, 0) is 0 Å². The third kappa shape index (κ3) is 3.83. The summed E-state index contributed by atoms with van der Waals surface area (Å²) in [5.41, 5.74) is 1.01. The second-order valence-corrected chi connectivity index (χ2v) is 5.09. The summed E-state index contributed by atoms with van der Waals surface area (Å²) in [4.78, 5) is 8.60. The first-order chi connectivity index (χ1) is 8.78. The van der Waals surface area contributed by atoms with Crippen molar-refractivity contribution in [2.45, 2.75) is 13.3 Å². The number of anilines is 3. The van der Waals surface area contributed by atoms with Crippen molar-refractivity contribution in [1.82, 2.24) is 9.97 Å². The molecule has 0 saturated heterocycles. The molecule has 0 aliphatic carbocycles. The number of halogens is 1. The first-order valence-corrected chi connectivity index (χ1v) is 6.94. The van der Waals surface area contributed by atoms with Crippen LogP contribution in [0.5, 0.6) is 0 Å². The van der Waals surface area contributed by atoms with Crippen molar-refractivity contribution < 1.29 is 0 Å². The number of hydrogen-bond donors (Lipinski definition) is 2. The van der Waals surface area contributed by atoms with Gasteiger partial charge in [0, 0.05) is 15.8 Å². The predicted octanol–water partition coefficient (Wildman–Crippen LogP) is 3.65. The Morgan fingerprint density at radius 3 is 2.56 bits per heavy atom. The van der Waals surface area contributed by atoms with Crippen LogP contribution in [0.3, 0.4) is 0 Å². The van der Waals surface area contributed by atoms with Crippen LogP contribution >= 0.6 is 22.6 Å². The molecule has 1 heterocycles. The van der Waals surface area contributed by atoms with Crippen molar-refractivity contribution in [2.75, 3.05) is 17.2 Å². The lowest BCUT2D eigenvalue weighted by atomic mass is 10.3. The van der Waals surface area contributed by atoms with Gasteiger partial charge in [0.1, 0.15) is 5.82 Å². The van der Waals surface area contributed by atoms with Crippen LogP contribution in [0.15, 0.2) is 36.7 Å². The minimum atomic E-state index is 0.748. The average Bonchev–Trinajstić information content (AvgIpc) is 2.40. The lowest BCUT2D eigenvalue weighted by molar-refractivity contribution is 0.965. The maximum Gasteiger partial charge on any atom is 0.151 e. The van der Waals surface area contributed by atoms with Gasteiger partial charge < -0.3 is 10.6 Å². The average molecular weight is 354 g/mol. The van der Waals surface area contributed by atoms with Crippen molar-refractivity contribution in [1.29, 1.82) is 0 Å². The van der Waals surface area contributed by atoms with Gasteiger partial charge in [0.2, 0.25) is 0 Å². The first-order valence-electron chi connectivity index (χ1n) is 5.86. The van der Waals surface area contributed by atoms with Crippen molar-refractivity contribution >= 4 is 39.9 Å². The van der Waals surface area contributed by atoms with E-state index >= 15 is 0 Å². The normalized spacial score (nSPS) is 10.1. The van der Waals surface area contributed by atoms with Crippen LogP contribution in [0.2, 0.25) is 0 Å². The van der Waals surface area contributed by atoms with E-state index in [0.717, 1.165) is 30.3 Å². The molecule has 2 aromatic rings. The highest BCUT2D eigenvalue weighted by Gasteiger charge is 1.99. The third-order valence-corrected chi connectivity index (χ3v) is 3.03. The van der Waals surface area contributed by atoms with E-state index in [9.17, 15) is 0 Å². The van der Waals surface area contributed by atoms with E-state index < -0.39 is 0 Å². The molecular formula is C13H15IN4. The molecule has 0 fully saturated rings. The van der Waals surface area contributed by atoms with Gasteiger partial charge in [0.15, 0.2) is 5.82 Å². The SMILES string of the molecule is CCCNc1cncc(Nc2ccc(I)cc2)n1. The molecule has 94 valence electrons. The van der Waals surface area contributed by atoms with Crippen molar-refractivity contribution in [3.8, 4) is 0 Å². The summed E-state index contributed by atoms with van der Waals surface area (Å²) in [7, 11) is 0. The zero-order valence-electron chi connectivity index (χ0n) is 10.2. The highest BCUT2D eigenvalue weighted by atomic mass is 127. The predicted molar refractivity (Wildman–Crippen MR) is 83.3 cm³/mol. The molecule has 0 aliphatic rings. The summed E-state index contributed by atoms with van der Waals surface area (Å²) in [6.45, 7) is 3.02. The van der Waals surface area contributed by atoms with Gasteiger partial charge in [0.05, 0.1) is 12.4 Å². The van der Waals surface area contributed by atoms with Gasteiger partial charge in [-0.25, -0.2) is 4.98 Å². The number of rotatable bonds is 5. The van der Waals surface area contributed by atoms with Crippen LogP contribution in [0.4, 0.5) is 17.3 Å². The second-order valence-electron chi connectivity index (χ2n) is 3.85. The standard InChI is InChI=1S/C13H15IN4/c1-2-7-16-12-8-15-9-13(18-12)17-11-5-3-10(14)4-6-11/h3-6,8-9H,2,7H2,1H3,(H2,16,17,18). The van der Waals surface area contributed by atoms with E-state index in [1.54, 1.807) is 12.4 Å². The first kappa shape index (κ1) is 13.1. The van der Waals surface area contributed by atoms with Crippen LogP contribution in [0.1, 0.15) is 13.3 Å². The number of benzene rings is 1. The van der Waals surface area contributed by atoms with Gasteiger partial charge in [-0.1, -0.05) is 6.92 Å². The Hall–Kier alpha value is -1.37. The van der Waals surface area contributed by atoms with Crippen molar-refractivity contribution in [3.63, 3.8) is 0 Å². The Morgan fingerprint density at radius 1 is 1.11 bits per heavy atom. The molecule has 0 spiro atoms. The van der Waals surface area contributed by atoms with E-state index in [1.165, 1.54) is 3.57 Å². The molecule has 4 nitrogen and oxygen atoms in total. The van der Waals surface area contributed by atoms with Gasteiger partial charge in [0.25, 0.3) is 0 Å². The Labute approximate surface area is 120 Å². The Balaban J connectivity index is 2.06. The van der Waals surface area contributed by atoms with E-state index in [4.69, 9.17) is 0 Å². The highest BCUT2D eigenvalue weighted by molar-refractivity contribution is 14.1. The van der Waals surface area contributed by atoms with Crippen LogP contribution in [0.25, 0.3) is 0 Å². The minimum absolute atomic E-state index is 0.748. The molecule has 0 aliphatic heterocycles. The Morgan fingerprint density at radius 2 is 1.83 bits per heavy atom. The van der Waals surface area contributed by atoms with Gasteiger partial charge in [-0.2, -0.15) is 0 Å². The van der Waals surface area contributed by atoms with Crippen molar-refractivity contribution in [3.05, 3.63) is 40.2 Å². The third-order valence-electron chi connectivity index (χ3n) is 2.31. The number of nitrogens with one attached hydrogen (secondary N) is 2. The quantitative estimate of drug-likeness (QED) is 0.805. The van der Waals surface area contributed by atoms with E-state index in [2.05, 4.69) is 62.2 Å². The number of nitrogens with zero attached hydrogens (tertiary/aromatic N) is 2. The molecule has 1 aromatic heterocycles. The molecule has 1 aromatic carbocycles. The largest absolute Gasteiger partial charge is 0.369 e. The second kappa shape index (κ2) is 6.53. The molecule has 5 heteroatoms. The molecule has 0 amide bonds. The highest BCUT2D eigenvalue weighted by Crippen LogP contribution is 2.16. The summed E-state index contributed by atoms with van der Waals surface area (Å²) < 4.78 is 1.21. The van der Waals surface area contributed by atoms with E-state index in [0.29, 0.717) is 0 Å². The maximum atomic E-state index is 4.44. The molecule has 2 N–H and O–H groups in total. The maximum absolute atomic E-state index is 4.44.